The number of nitrogens with one attached hydrogen (secondary N) is 1. The lowest BCUT2D eigenvalue weighted by atomic mass is 9.80. The number of nitrogens with zero attached hydrogens (tertiary/aromatic N) is 2. The number of esters is 2. The van der Waals surface area contributed by atoms with Crippen LogP contribution in [0.1, 0.15) is 69.2 Å². The van der Waals surface area contributed by atoms with E-state index in [-0.39, 0.29) is 23.4 Å². The summed E-state index contributed by atoms with van der Waals surface area (Å²) in [6, 6.07) is 18.3. The number of benzene rings is 2. The summed E-state index contributed by atoms with van der Waals surface area (Å²) < 4.78 is 17.0. The Kier molecular flexibility index (Phi) is 12.2. The molecule has 0 saturated carbocycles. The molecule has 1 aliphatic rings. The fraction of sp³-hybridized carbons (Fsp3) is 0.324. The average Bonchev–Trinajstić information content (AvgIpc) is 3.04. The summed E-state index contributed by atoms with van der Waals surface area (Å²) in [5.74, 6) is -2.16. The van der Waals surface area contributed by atoms with Crippen LogP contribution in [0.25, 0.3) is 6.08 Å². The number of pyridine rings is 1. The van der Waals surface area contributed by atoms with Crippen LogP contribution in [0.4, 0.5) is 5.69 Å². The van der Waals surface area contributed by atoms with Crippen molar-refractivity contribution in [1.82, 2.24) is 10.3 Å². The molecule has 0 saturated heterocycles. The molecule has 0 fully saturated rings. The normalized spacial score (nSPS) is 15.6. The third kappa shape index (κ3) is 9.46. The van der Waals surface area contributed by atoms with Gasteiger partial charge in [0, 0.05) is 42.3 Å². The van der Waals surface area contributed by atoms with Crippen molar-refractivity contribution in [3.8, 4) is 0 Å². The molecule has 246 valence electrons. The minimum atomic E-state index is -0.914. The Bertz CT molecular complexity index is 1680. The Morgan fingerprint density at radius 3 is 2.40 bits per heavy atom. The van der Waals surface area contributed by atoms with Gasteiger partial charge in [0.05, 0.1) is 41.8 Å². The molecule has 4 rings (SSSR count). The van der Waals surface area contributed by atoms with Crippen LogP contribution < -0.4 is 5.32 Å². The van der Waals surface area contributed by atoms with Crippen molar-refractivity contribution in [1.29, 1.82) is 0 Å². The molecule has 2 aromatic carbocycles. The van der Waals surface area contributed by atoms with Gasteiger partial charge in [-0.2, -0.15) is 0 Å². The van der Waals surface area contributed by atoms with E-state index in [1.165, 1.54) is 29.3 Å². The number of allylic oxidation sites excluding steroid dienone is 2. The predicted octanol–water partition coefficient (Wildman–Crippen LogP) is 6.82. The Labute approximate surface area is 275 Å². The van der Waals surface area contributed by atoms with Gasteiger partial charge >= 0.3 is 11.9 Å². The van der Waals surface area contributed by atoms with E-state index in [0.29, 0.717) is 36.6 Å². The summed E-state index contributed by atoms with van der Waals surface area (Å²) in [6.45, 7) is 9.80. The fourth-order valence-electron chi connectivity index (χ4n) is 5.48. The van der Waals surface area contributed by atoms with Gasteiger partial charge in [0.15, 0.2) is 0 Å². The number of nitro benzene ring substituents is 1. The maximum absolute atomic E-state index is 13.6. The smallest absolute Gasteiger partial charge is 0.337 e. The summed E-state index contributed by atoms with van der Waals surface area (Å²) in [6.07, 6.45) is 6.50. The average molecular weight is 640 g/mol. The van der Waals surface area contributed by atoms with Crippen LogP contribution in [0.3, 0.4) is 0 Å². The minimum absolute atomic E-state index is 0.130. The second-order valence-electron chi connectivity index (χ2n) is 11.5. The highest BCUT2D eigenvalue weighted by atomic mass is 16.6. The number of hydrogen-bond acceptors (Lipinski definition) is 9. The Balaban J connectivity index is 1.36. The maximum atomic E-state index is 13.6. The van der Waals surface area contributed by atoms with Crippen LogP contribution in [0.5, 0.6) is 0 Å². The van der Waals surface area contributed by atoms with Crippen molar-refractivity contribution in [2.24, 2.45) is 0 Å². The molecule has 3 aromatic rings. The topological polar surface area (TPSA) is 130 Å². The molecule has 10 heteroatoms. The first-order valence-corrected chi connectivity index (χ1v) is 15.6. The monoisotopic (exact) mass is 639 g/mol. The number of dihydropyridines is 1. The van der Waals surface area contributed by atoms with Crippen LogP contribution in [-0.4, -0.2) is 47.8 Å². The van der Waals surface area contributed by atoms with Gasteiger partial charge in [0.2, 0.25) is 0 Å². The van der Waals surface area contributed by atoms with Crippen molar-refractivity contribution >= 4 is 23.7 Å². The Hall–Kier alpha value is -5.09. The first-order valence-electron chi connectivity index (χ1n) is 15.6. The second-order valence-corrected chi connectivity index (χ2v) is 11.5. The summed E-state index contributed by atoms with van der Waals surface area (Å²) in [4.78, 5) is 41.9. The van der Waals surface area contributed by atoms with Crippen molar-refractivity contribution in [2.75, 3.05) is 19.8 Å². The standard InChI is InChI=1S/C37H41N3O7/c1-6-46-36(41)33-26(4)39-27(5)34(35(33)31-10-7-11-32(21-31)40(43)44)37(42)47-25(3)16-18-45-23-24(2)19-28-12-14-29(15-13-28)20-30-9-8-17-38-22-30/h7-15,17,19,21-22,25,35,39H,6,16,18,20,23H2,1-5H3/b24-19+. The molecule has 1 aromatic heterocycles. The first kappa shape index (κ1) is 34.8. The molecule has 2 heterocycles. The number of carbonyl (C=O) groups is 2. The zero-order valence-electron chi connectivity index (χ0n) is 27.4. The summed E-state index contributed by atoms with van der Waals surface area (Å²) in [5, 5.41) is 14.6. The SMILES string of the molecule is CCOC(=O)C1=C(C)NC(C)=C(C(=O)OC(C)CCOC/C(C)=C/c2ccc(Cc3cccnc3)cc2)C1c1cccc([N+](=O)[O-])c1. The number of aromatic nitrogens is 1. The number of ether oxygens (including phenoxy) is 3. The van der Waals surface area contributed by atoms with E-state index in [9.17, 15) is 19.7 Å². The summed E-state index contributed by atoms with van der Waals surface area (Å²) in [7, 11) is 0. The molecular formula is C37H41N3O7. The molecule has 0 aliphatic carbocycles. The van der Waals surface area contributed by atoms with Crippen molar-refractivity contribution in [2.45, 2.75) is 59.5 Å². The van der Waals surface area contributed by atoms with E-state index in [1.807, 2.05) is 19.2 Å². The van der Waals surface area contributed by atoms with Crippen molar-refractivity contribution < 1.29 is 28.7 Å². The van der Waals surface area contributed by atoms with Crippen molar-refractivity contribution in [3.63, 3.8) is 0 Å². The van der Waals surface area contributed by atoms with Gasteiger partial charge < -0.3 is 19.5 Å². The Morgan fingerprint density at radius 1 is 1.02 bits per heavy atom. The molecule has 47 heavy (non-hydrogen) atoms. The summed E-state index contributed by atoms with van der Waals surface area (Å²) >= 11 is 0. The number of non-ortho nitro benzene ring substituents is 1. The quantitative estimate of drug-likeness (QED) is 0.0874. The number of rotatable bonds is 14. The van der Waals surface area contributed by atoms with Crippen LogP contribution in [0.15, 0.2) is 101 Å². The molecule has 2 unspecified atom stereocenters. The van der Waals surface area contributed by atoms with E-state index in [4.69, 9.17) is 14.2 Å². The molecule has 1 N–H and O–H groups in total. The molecule has 0 spiro atoms. The van der Waals surface area contributed by atoms with Gasteiger partial charge in [0.25, 0.3) is 5.69 Å². The minimum Gasteiger partial charge on any atom is -0.463 e. The largest absolute Gasteiger partial charge is 0.463 e. The van der Waals surface area contributed by atoms with E-state index >= 15 is 0 Å². The third-order valence-corrected chi connectivity index (χ3v) is 7.72. The predicted molar refractivity (Wildman–Crippen MR) is 179 cm³/mol. The number of nitro groups is 1. The molecule has 10 nitrogen and oxygen atoms in total. The van der Waals surface area contributed by atoms with Crippen molar-refractivity contribution in [3.05, 3.63) is 134 Å². The highest BCUT2D eigenvalue weighted by Crippen LogP contribution is 2.40. The zero-order valence-corrected chi connectivity index (χ0v) is 27.4. The first-order chi connectivity index (χ1) is 22.6. The number of hydrogen-bond donors (Lipinski definition) is 1. The lowest BCUT2D eigenvalue weighted by Gasteiger charge is -2.31. The molecular weight excluding hydrogens is 598 g/mol. The maximum Gasteiger partial charge on any atom is 0.337 e. The fourth-order valence-corrected chi connectivity index (χ4v) is 5.48. The third-order valence-electron chi connectivity index (χ3n) is 7.72. The van der Waals surface area contributed by atoms with Gasteiger partial charge in [-0.25, -0.2) is 9.59 Å². The van der Waals surface area contributed by atoms with E-state index in [1.54, 1.807) is 40.0 Å². The van der Waals surface area contributed by atoms with Crippen LogP contribution in [0, 0.1) is 10.1 Å². The highest BCUT2D eigenvalue weighted by Gasteiger charge is 2.38. The van der Waals surface area contributed by atoms with Crippen LogP contribution >= 0.6 is 0 Å². The van der Waals surface area contributed by atoms with E-state index in [2.05, 4.69) is 46.7 Å². The van der Waals surface area contributed by atoms with Gasteiger partial charge in [-0.3, -0.25) is 15.1 Å². The lowest BCUT2D eigenvalue weighted by Crippen LogP contribution is -2.33. The second kappa shape index (κ2) is 16.5. The molecule has 0 bridgehead atoms. The lowest BCUT2D eigenvalue weighted by molar-refractivity contribution is -0.384. The molecule has 1 aliphatic heterocycles. The molecule has 0 radical (unpaired) electrons. The highest BCUT2D eigenvalue weighted by molar-refractivity contribution is 6.00. The number of carbonyl (C=O) groups excluding carboxylic acids is 2. The molecule has 0 amide bonds. The van der Waals surface area contributed by atoms with E-state index < -0.39 is 28.9 Å². The van der Waals surface area contributed by atoms with Gasteiger partial charge in [-0.1, -0.05) is 48.5 Å². The molecule has 2 atom stereocenters. The van der Waals surface area contributed by atoms with Crippen LogP contribution in [-0.2, 0) is 30.2 Å². The Morgan fingerprint density at radius 2 is 1.74 bits per heavy atom. The zero-order chi connectivity index (χ0) is 33.9. The summed E-state index contributed by atoms with van der Waals surface area (Å²) in [5.41, 5.74) is 6.15. The van der Waals surface area contributed by atoms with E-state index in [0.717, 1.165) is 17.6 Å². The van der Waals surface area contributed by atoms with Gasteiger partial charge in [0.1, 0.15) is 6.10 Å². The van der Waals surface area contributed by atoms with Gasteiger partial charge in [-0.05, 0) is 74.9 Å². The van der Waals surface area contributed by atoms with Gasteiger partial charge in [-0.15, -0.1) is 0 Å². The van der Waals surface area contributed by atoms with Crippen LogP contribution in [0.2, 0.25) is 0 Å².